The van der Waals surface area contributed by atoms with E-state index in [1.54, 1.807) is 0 Å². The number of piperidine rings is 1. The molecule has 126 valence electrons. The molecule has 23 heavy (non-hydrogen) atoms. The SMILES string of the molecule is CN=C(NCc1ccc(CN2CCCCC2)cc1)NCC1CC1. The van der Waals surface area contributed by atoms with Crippen LogP contribution in [-0.4, -0.2) is 37.5 Å². The Kier molecular flexibility index (Phi) is 5.92. The molecule has 4 nitrogen and oxygen atoms in total. The van der Waals surface area contributed by atoms with E-state index in [1.807, 2.05) is 7.05 Å². The molecule has 1 saturated heterocycles. The van der Waals surface area contributed by atoms with Crippen LogP contribution >= 0.6 is 0 Å². The summed E-state index contributed by atoms with van der Waals surface area (Å²) in [4.78, 5) is 6.86. The Labute approximate surface area is 140 Å². The van der Waals surface area contributed by atoms with Gasteiger partial charge >= 0.3 is 0 Å². The van der Waals surface area contributed by atoms with E-state index < -0.39 is 0 Å². The van der Waals surface area contributed by atoms with Gasteiger partial charge in [0.1, 0.15) is 0 Å². The van der Waals surface area contributed by atoms with Gasteiger partial charge < -0.3 is 10.6 Å². The van der Waals surface area contributed by atoms with Crippen LogP contribution in [-0.2, 0) is 13.1 Å². The van der Waals surface area contributed by atoms with Crippen LogP contribution in [0.5, 0.6) is 0 Å². The van der Waals surface area contributed by atoms with E-state index in [2.05, 4.69) is 44.8 Å². The van der Waals surface area contributed by atoms with Crippen molar-refractivity contribution in [2.24, 2.45) is 10.9 Å². The molecule has 1 aromatic carbocycles. The molecule has 2 N–H and O–H groups in total. The fraction of sp³-hybridized carbons (Fsp3) is 0.632. The first-order valence-corrected chi connectivity index (χ1v) is 9.08. The lowest BCUT2D eigenvalue weighted by molar-refractivity contribution is 0.221. The van der Waals surface area contributed by atoms with Crippen LogP contribution in [0.3, 0.4) is 0 Å². The lowest BCUT2D eigenvalue weighted by atomic mass is 10.1. The molecule has 1 saturated carbocycles. The van der Waals surface area contributed by atoms with Gasteiger partial charge in [-0.05, 0) is 55.8 Å². The Morgan fingerprint density at radius 2 is 1.74 bits per heavy atom. The van der Waals surface area contributed by atoms with Gasteiger partial charge in [0.2, 0.25) is 0 Å². The molecule has 0 atom stereocenters. The maximum Gasteiger partial charge on any atom is 0.191 e. The molecule has 2 fully saturated rings. The molecule has 0 unspecified atom stereocenters. The smallest absolute Gasteiger partial charge is 0.191 e. The van der Waals surface area contributed by atoms with Crippen LogP contribution in [0, 0.1) is 5.92 Å². The van der Waals surface area contributed by atoms with E-state index >= 15 is 0 Å². The Bertz CT molecular complexity index is 499. The number of nitrogens with zero attached hydrogens (tertiary/aromatic N) is 2. The summed E-state index contributed by atoms with van der Waals surface area (Å²) in [6.45, 7) is 5.49. The normalized spacial score (nSPS) is 19.6. The number of rotatable bonds is 6. The minimum absolute atomic E-state index is 0.828. The molecular weight excluding hydrogens is 284 g/mol. The molecule has 0 amide bonds. The van der Waals surface area contributed by atoms with Crippen molar-refractivity contribution >= 4 is 5.96 Å². The molecular formula is C19H30N4. The Balaban J connectivity index is 1.42. The van der Waals surface area contributed by atoms with Crippen molar-refractivity contribution in [3.05, 3.63) is 35.4 Å². The molecule has 1 aromatic rings. The number of aliphatic imine (C=N–C) groups is 1. The molecule has 1 aliphatic heterocycles. The molecule has 1 heterocycles. The molecule has 2 aliphatic rings. The largest absolute Gasteiger partial charge is 0.356 e. The predicted molar refractivity (Wildman–Crippen MR) is 96.5 cm³/mol. The van der Waals surface area contributed by atoms with E-state index in [0.717, 1.165) is 31.5 Å². The van der Waals surface area contributed by atoms with Gasteiger partial charge in [-0.25, -0.2) is 0 Å². The van der Waals surface area contributed by atoms with Crippen molar-refractivity contribution in [3.8, 4) is 0 Å². The maximum atomic E-state index is 4.29. The third-order valence-electron chi connectivity index (χ3n) is 4.82. The third-order valence-corrected chi connectivity index (χ3v) is 4.82. The van der Waals surface area contributed by atoms with Gasteiger partial charge in [0.25, 0.3) is 0 Å². The van der Waals surface area contributed by atoms with Crippen LogP contribution in [0.25, 0.3) is 0 Å². The molecule has 0 aromatic heterocycles. The van der Waals surface area contributed by atoms with Gasteiger partial charge in [0.05, 0.1) is 0 Å². The lowest BCUT2D eigenvalue weighted by Crippen LogP contribution is -2.37. The second-order valence-corrected chi connectivity index (χ2v) is 6.90. The van der Waals surface area contributed by atoms with Crippen molar-refractivity contribution in [1.82, 2.24) is 15.5 Å². The summed E-state index contributed by atoms with van der Waals surface area (Å²) < 4.78 is 0. The van der Waals surface area contributed by atoms with Crippen LogP contribution in [0.4, 0.5) is 0 Å². The quantitative estimate of drug-likeness (QED) is 0.626. The Hall–Kier alpha value is -1.55. The molecule has 0 spiro atoms. The number of nitrogens with one attached hydrogen (secondary N) is 2. The predicted octanol–water partition coefficient (Wildman–Crippen LogP) is 2.75. The Morgan fingerprint density at radius 1 is 1.04 bits per heavy atom. The van der Waals surface area contributed by atoms with Gasteiger partial charge in [-0.1, -0.05) is 30.7 Å². The van der Waals surface area contributed by atoms with Crippen molar-refractivity contribution in [1.29, 1.82) is 0 Å². The molecule has 4 heteroatoms. The summed E-state index contributed by atoms with van der Waals surface area (Å²) in [7, 11) is 1.84. The van der Waals surface area contributed by atoms with Crippen molar-refractivity contribution < 1.29 is 0 Å². The first-order valence-electron chi connectivity index (χ1n) is 9.08. The van der Waals surface area contributed by atoms with Crippen molar-refractivity contribution in [2.75, 3.05) is 26.7 Å². The first-order chi connectivity index (χ1) is 11.3. The van der Waals surface area contributed by atoms with E-state index in [-0.39, 0.29) is 0 Å². The summed E-state index contributed by atoms with van der Waals surface area (Å²) in [5, 5.41) is 6.80. The monoisotopic (exact) mass is 314 g/mol. The average molecular weight is 314 g/mol. The molecule has 0 radical (unpaired) electrons. The van der Waals surface area contributed by atoms with Gasteiger partial charge in [-0.3, -0.25) is 9.89 Å². The average Bonchev–Trinajstić information content (AvgIpc) is 3.42. The highest BCUT2D eigenvalue weighted by Gasteiger charge is 2.21. The van der Waals surface area contributed by atoms with Crippen molar-refractivity contribution in [3.63, 3.8) is 0 Å². The standard InChI is InChI=1S/C19H30N4/c1-20-19(21-13-16-5-6-16)22-14-17-7-9-18(10-8-17)15-23-11-3-2-4-12-23/h7-10,16H,2-6,11-15H2,1H3,(H2,20,21,22). The van der Waals surface area contributed by atoms with E-state index in [1.165, 1.54) is 56.3 Å². The highest BCUT2D eigenvalue weighted by molar-refractivity contribution is 5.79. The number of likely N-dealkylation sites (tertiary alicyclic amines) is 1. The zero-order valence-electron chi connectivity index (χ0n) is 14.4. The molecule has 1 aliphatic carbocycles. The summed E-state index contributed by atoms with van der Waals surface area (Å²) in [6, 6.07) is 9.01. The molecule has 0 bridgehead atoms. The van der Waals surface area contributed by atoms with Gasteiger partial charge in [0, 0.05) is 26.7 Å². The summed E-state index contributed by atoms with van der Waals surface area (Å²) in [5.74, 6) is 1.77. The minimum Gasteiger partial charge on any atom is -0.356 e. The zero-order chi connectivity index (χ0) is 15.9. The lowest BCUT2D eigenvalue weighted by Gasteiger charge is -2.26. The van der Waals surface area contributed by atoms with Gasteiger partial charge in [0.15, 0.2) is 5.96 Å². The van der Waals surface area contributed by atoms with Crippen LogP contribution < -0.4 is 10.6 Å². The summed E-state index contributed by atoms with van der Waals surface area (Å²) in [5.41, 5.74) is 2.73. The summed E-state index contributed by atoms with van der Waals surface area (Å²) >= 11 is 0. The number of guanidine groups is 1. The zero-order valence-corrected chi connectivity index (χ0v) is 14.4. The third kappa shape index (κ3) is 5.54. The van der Waals surface area contributed by atoms with Crippen LogP contribution in [0.15, 0.2) is 29.3 Å². The fourth-order valence-electron chi connectivity index (χ4n) is 3.11. The highest BCUT2D eigenvalue weighted by Crippen LogP contribution is 2.27. The van der Waals surface area contributed by atoms with Gasteiger partial charge in [-0.15, -0.1) is 0 Å². The fourth-order valence-corrected chi connectivity index (χ4v) is 3.11. The van der Waals surface area contributed by atoms with E-state index in [0.29, 0.717) is 0 Å². The second kappa shape index (κ2) is 8.34. The van der Waals surface area contributed by atoms with E-state index in [9.17, 15) is 0 Å². The highest BCUT2D eigenvalue weighted by atomic mass is 15.2. The Morgan fingerprint density at radius 3 is 2.39 bits per heavy atom. The molecule has 3 rings (SSSR count). The number of hydrogen-bond acceptors (Lipinski definition) is 2. The summed E-state index contributed by atoms with van der Waals surface area (Å²) in [6.07, 6.45) is 6.84. The van der Waals surface area contributed by atoms with E-state index in [4.69, 9.17) is 0 Å². The van der Waals surface area contributed by atoms with Crippen LogP contribution in [0.1, 0.15) is 43.2 Å². The minimum atomic E-state index is 0.828. The second-order valence-electron chi connectivity index (χ2n) is 6.90. The van der Waals surface area contributed by atoms with Gasteiger partial charge in [-0.2, -0.15) is 0 Å². The topological polar surface area (TPSA) is 39.7 Å². The number of benzene rings is 1. The van der Waals surface area contributed by atoms with Crippen molar-refractivity contribution in [2.45, 2.75) is 45.2 Å². The van der Waals surface area contributed by atoms with Crippen LogP contribution in [0.2, 0.25) is 0 Å². The number of hydrogen-bond donors (Lipinski definition) is 2. The first kappa shape index (κ1) is 16.3. The maximum absolute atomic E-state index is 4.29.